The number of anilines is 1. The molecule has 2 aromatic carbocycles. The second kappa shape index (κ2) is 7.43. The van der Waals surface area contributed by atoms with Crippen molar-refractivity contribution in [2.24, 2.45) is 0 Å². The van der Waals surface area contributed by atoms with Crippen LogP contribution in [0.15, 0.2) is 60.2 Å². The van der Waals surface area contributed by atoms with Gasteiger partial charge in [-0.2, -0.15) is 0 Å². The maximum atomic E-state index is 12.8. The van der Waals surface area contributed by atoms with Gasteiger partial charge in [-0.05, 0) is 61.9 Å². The van der Waals surface area contributed by atoms with E-state index in [1.54, 1.807) is 42.5 Å². The van der Waals surface area contributed by atoms with Crippen LogP contribution in [0.4, 0.5) is 5.69 Å². The number of aromatic nitrogens is 1. The highest BCUT2D eigenvalue weighted by molar-refractivity contribution is 6.35. The Kier molecular flexibility index (Phi) is 4.94. The van der Waals surface area contributed by atoms with Gasteiger partial charge in [0.1, 0.15) is 5.57 Å². The number of carbonyl (C=O) groups excluding carboxylic acids is 2. The molecule has 3 aromatic rings. The van der Waals surface area contributed by atoms with Crippen LogP contribution in [-0.2, 0) is 9.59 Å². The van der Waals surface area contributed by atoms with Crippen LogP contribution in [0.5, 0.6) is 0 Å². The molecule has 0 bridgehead atoms. The first-order chi connectivity index (χ1) is 13.9. The minimum atomic E-state index is -0.437. The fourth-order valence-electron chi connectivity index (χ4n) is 3.44. The first-order valence-electron chi connectivity index (χ1n) is 8.93. The van der Waals surface area contributed by atoms with Crippen molar-refractivity contribution < 1.29 is 9.59 Å². The number of amides is 2. The summed E-state index contributed by atoms with van der Waals surface area (Å²) in [7, 11) is 0. The molecule has 0 saturated carbocycles. The smallest absolute Gasteiger partial charge is 0.282 e. The molecule has 2 heterocycles. The molecule has 1 aliphatic heterocycles. The molecule has 0 atom stereocenters. The average molecular weight is 426 g/mol. The van der Waals surface area contributed by atoms with Gasteiger partial charge in [-0.3, -0.25) is 15.0 Å². The van der Waals surface area contributed by atoms with Crippen LogP contribution >= 0.6 is 23.2 Å². The quantitative estimate of drug-likeness (QED) is 0.480. The molecule has 29 heavy (non-hydrogen) atoms. The van der Waals surface area contributed by atoms with Crippen molar-refractivity contribution >= 4 is 46.8 Å². The molecular weight excluding hydrogens is 409 g/mol. The lowest BCUT2D eigenvalue weighted by atomic mass is 10.1. The van der Waals surface area contributed by atoms with E-state index in [9.17, 15) is 9.59 Å². The zero-order valence-corrected chi connectivity index (χ0v) is 17.3. The van der Waals surface area contributed by atoms with Crippen LogP contribution in [0.3, 0.4) is 0 Å². The number of hydrazine groups is 1. The first-order valence-corrected chi connectivity index (χ1v) is 9.69. The van der Waals surface area contributed by atoms with Crippen molar-refractivity contribution in [1.82, 2.24) is 9.99 Å². The zero-order chi connectivity index (χ0) is 20.7. The molecule has 146 valence electrons. The molecule has 1 fully saturated rings. The molecule has 2 amide bonds. The Bertz CT molecular complexity index is 1170. The van der Waals surface area contributed by atoms with E-state index in [4.69, 9.17) is 23.2 Å². The molecule has 7 heteroatoms. The molecular formula is C22H17Cl2N3O2. The van der Waals surface area contributed by atoms with Crippen LogP contribution in [-0.4, -0.2) is 16.4 Å². The maximum absolute atomic E-state index is 12.8. The summed E-state index contributed by atoms with van der Waals surface area (Å²) >= 11 is 12.4. The van der Waals surface area contributed by atoms with Gasteiger partial charge in [0.25, 0.3) is 11.8 Å². The van der Waals surface area contributed by atoms with Crippen LogP contribution in [0, 0.1) is 13.8 Å². The summed E-state index contributed by atoms with van der Waals surface area (Å²) in [6, 6.07) is 16.2. The van der Waals surface area contributed by atoms with Gasteiger partial charge in [0.2, 0.25) is 0 Å². The summed E-state index contributed by atoms with van der Waals surface area (Å²) < 4.78 is 1.97. The van der Waals surface area contributed by atoms with Crippen molar-refractivity contribution in [1.29, 1.82) is 0 Å². The van der Waals surface area contributed by atoms with Gasteiger partial charge in [0.15, 0.2) is 0 Å². The molecule has 1 aromatic heterocycles. The van der Waals surface area contributed by atoms with Crippen molar-refractivity contribution in [3.05, 3.63) is 87.2 Å². The third kappa shape index (κ3) is 3.43. The van der Waals surface area contributed by atoms with E-state index in [0.29, 0.717) is 15.7 Å². The fraction of sp³-hybridized carbons (Fsp3) is 0.0909. The normalized spacial score (nSPS) is 15.3. The van der Waals surface area contributed by atoms with Crippen molar-refractivity contribution in [2.45, 2.75) is 13.8 Å². The van der Waals surface area contributed by atoms with Gasteiger partial charge in [0.05, 0.1) is 16.4 Å². The summed E-state index contributed by atoms with van der Waals surface area (Å²) in [6.45, 7) is 3.85. The van der Waals surface area contributed by atoms with E-state index in [2.05, 4.69) is 5.43 Å². The largest absolute Gasteiger partial charge is 0.316 e. The van der Waals surface area contributed by atoms with E-state index in [-0.39, 0.29) is 5.57 Å². The van der Waals surface area contributed by atoms with Crippen molar-refractivity contribution in [3.8, 4) is 5.69 Å². The summed E-state index contributed by atoms with van der Waals surface area (Å²) in [6.07, 6.45) is 1.61. The molecule has 1 N–H and O–H groups in total. The van der Waals surface area contributed by atoms with Crippen molar-refractivity contribution in [3.63, 3.8) is 0 Å². The number of hydrogen-bond acceptors (Lipinski definition) is 2. The zero-order valence-electron chi connectivity index (χ0n) is 15.7. The number of nitrogens with zero attached hydrogens (tertiary/aromatic N) is 2. The summed E-state index contributed by atoms with van der Waals surface area (Å²) in [4.78, 5) is 25.3. The molecule has 0 unspecified atom stereocenters. The topological polar surface area (TPSA) is 54.3 Å². The lowest BCUT2D eigenvalue weighted by Gasteiger charge is -2.13. The number of aryl methyl sites for hydroxylation is 1. The number of benzene rings is 2. The van der Waals surface area contributed by atoms with Crippen LogP contribution < -0.4 is 10.4 Å². The molecule has 0 aliphatic carbocycles. The third-order valence-corrected chi connectivity index (χ3v) is 5.36. The molecule has 0 radical (unpaired) electrons. The Labute approximate surface area is 178 Å². The van der Waals surface area contributed by atoms with Gasteiger partial charge in [-0.25, -0.2) is 5.01 Å². The molecule has 1 aliphatic rings. The summed E-state index contributed by atoms with van der Waals surface area (Å²) in [5.41, 5.74) is 6.62. The van der Waals surface area contributed by atoms with Gasteiger partial charge in [-0.1, -0.05) is 41.4 Å². The minimum absolute atomic E-state index is 0.0799. The lowest BCUT2D eigenvalue weighted by Crippen LogP contribution is -2.35. The van der Waals surface area contributed by atoms with E-state index in [1.807, 2.05) is 36.6 Å². The number of para-hydroxylation sites is 1. The maximum Gasteiger partial charge on any atom is 0.282 e. The molecule has 0 spiro atoms. The Morgan fingerprint density at radius 1 is 0.966 bits per heavy atom. The van der Waals surface area contributed by atoms with E-state index < -0.39 is 11.8 Å². The predicted molar refractivity (Wildman–Crippen MR) is 115 cm³/mol. The first kappa shape index (κ1) is 19.3. The highest BCUT2D eigenvalue weighted by Crippen LogP contribution is 2.30. The summed E-state index contributed by atoms with van der Waals surface area (Å²) in [5, 5.41) is 2.32. The standard InChI is InChI=1S/C22H17Cl2N3O2/c1-13-10-15(14(2)26(13)20-9-8-16(23)12-19(20)24)11-18-21(28)25-27(22(18)29)17-6-4-3-5-7-17/h3-12H,1-2H3,(H,25,28)/b18-11-. The van der Waals surface area contributed by atoms with Gasteiger partial charge < -0.3 is 4.57 Å². The molecule has 5 nitrogen and oxygen atoms in total. The lowest BCUT2D eigenvalue weighted by molar-refractivity contribution is -0.117. The number of halogens is 2. The van der Waals surface area contributed by atoms with Gasteiger partial charge in [-0.15, -0.1) is 0 Å². The number of hydrogen-bond donors (Lipinski definition) is 1. The highest BCUT2D eigenvalue weighted by Gasteiger charge is 2.34. The van der Waals surface area contributed by atoms with E-state index in [0.717, 1.165) is 22.6 Å². The number of nitrogens with one attached hydrogen (secondary N) is 1. The van der Waals surface area contributed by atoms with Gasteiger partial charge >= 0.3 is 0 Å². The Morgan fingerprint density at radius 3 is 2.38 bits per heavy atom. The number of rotatable bonds is 3. The highest BCUT2D eigenvalue weighted by atomic mass is 35.5. The Balaban J connectivity index is 1.74. The van der Waals surface area contributed by atoms with Crippen LogP contribution in [0.2, 0.25) is 10.0 Å². The molecule has 4 rings (SSSR count). The van der Waals surface area contributed by atoms with E-state index in [1.165, 1.54) is 5.01 Å². The van der Waals surface area contributed by atoms with Gasteiger partial charge in [0, 0.05) is 16.4 Å². The second-order valence-corrected chi connectivity index (χ2v) is 7.58. The van der Waals surface area contributed by atoms with Crippen molar-refractivity contribution in [2.75, 3.05) is 5.01 Å². The van der Waals surface area contributed by atoms with Crippen LogP contribution in [0.1, 0.15) is 17.0 Å². The average Bonchev–Trinajstić information content (AvgIpc) is 3.13. The fourth-order valence-corrected chi connectivity index (χ4v) is 3.93. The Morgan fingerprint density at radius 2 is 1.69 bits per heavy atom. The minimum Gasteiger partial charge on any atom is -0.316 e. The predicted octanol–water partition coefficient (Wildman–Crippen LogP) is 4.86. The number of carbonyl (C=O) groups is 2. The Hall–Kier alpha value is -3.02. The second-order valence-electron chi connectivity index (χ2n) is 6.73. The van der Waals surface area contributed by atoms with Crippen LogP contribution in [0.25, 0.3) is 11.8 Å². The third-order valence-electron chi connectivity index (χ3n) is 4.83. The summed E-state index contributed by atoms with van der Waals surface area (Å²) in [5.74, 6) is -0.830. The monoisotopic (exact) mass is 425 g/mol. The SMILES string of the molecule is Cc1cc(/C=C2/C(=O)NN(c3ccccc3)C2=O)c(C)n1-c1ccc(Cl)cc1Cl. The molecule has 1 saturated heterocycles. The van der Waals surface area contributed by atoms with E-state index >= 15 is 0 Å².